The topological polar surface area (TPSA) is 51.2 Å². The van der Waals surface area contributed by atoms with Gasteiger partial charge in [0.2, 0.25) is 5.91 Å². The number of aromatic nitrogens is 1. The minimum Gasteiger partial charge on any atom is -0.496 e. The number of fused-ring (bicyclic) bond motifs is 1. The lowest BCUT2D eigenvalue weighted by atomic mass is 9.77. The van der Waals surface area contributed by atoms with Crippen LogP contribution in [0.25, 0.3) is 0 Å². The second-order valence-electron chi connectivity index (χ2n) is 4.95. The Morgan fingerprint density at radius 3 is 2.67 bits per heavy atom. The third-order valence-electron chi connectivity index (χ3n) is 3.79. The van der Waals surface area contributed by atoms with Crippen molar-refractivity contribution in [2.45, 2.75) is 12.3 Å². The lowest BCUT2D eigenvalue weighted by Gasteiger charge is -2.25. The van der Waals surface area contributed by atoms with Crippen molar-refractivity contribution in [3.63, 3.8) is 0 Å². The third-order valence-corrected chi connectivity index (χ3v) is 4.23. The summed E-state index contributed by atoms with van der Waals surface area (Å²) in [6.07, 6.45) is 0. The molecule has 21 heavy (non-hydrogen) atoms. The van der Waals surface area contributed by atoms with E-state index in [0.29, 0.717) is 27.3 Å². The fourth-order valence-electron chi connectivity index (χ4n) is 2.63. The van der Waals surface area contributed by atoms with Crippen molar-refractivity contribution >= 4 is 34.9 Å². The first-order valence-corrected chi connectivity index (χ1v) is 7.05. The minimum atomic E-state index is -0.927. The van der Waals surface area contributed by atoms with E-state index in [0.717, 1.165) is 5.56 Å². The van der Waals surface area contributed by atoms with E-state index in [9.17, 15) is 4.79 Å². The Labute approximate surface area is 132 Å². The average molecular weight is 323 g/mol. The Bertz CT molecular complexity index is 748. The molecule has 2 heterocycles. The molecule has 3 rings (SSSR count). The first-order chi connectivity index (χ1) is 9.96. The molecule has 2 aromatic rings. The first-order valence-electron chi connectivity index (χ1n) is 6.29. The number of nitrogens with one attached hydrogen (secondary N) is 1. The zero-order chi connectivity index (χ0) is 15.2. The van der Waals surface area contributed by atoms with E-state index in [4.69, 9.17) is 27.9 Å². The van der Waals surface area contributed by atoms with Crippen molar-refractivity contribution < 1.29 is 9.53 Å². The molecular weight excluding hydrogens is 311 g/mol. The third kappa shape index (κ3) is 2.06. The van der Waals surface area contributed by atoms with Crippen molar-refractivity contribution in [2.24, 2.45) is 0 Å². The van der Waals surface area contributed by atoms with Gasteiger partial charge in [-0.05, 0) is 31.2 Å². The van der Waals surface area contributed by atoms with E-state index in [-0.39, 0.29) is 5.91 Å². The molecule has 1 aromatic carbocycles. The van der Waals surface area contributed by atoms with E-state index in [1.165, 1.54) is 0 Å². The number of carbonyl (C=O) groups is 1. The zero-order valence-corrected chi connectivity index (χ0v) is 12.9. The molecule has 0 unspecified atom stereocenters. The molecule has 1 aromatic heterocycles. The summed E-state index contributed by atoms with van der Waals surface area (Å²) in [5.74, 6) is 0.879. The van der Waals surface area contributed by atoms with Gasteiger partial charge in [-0.3, -0.25) is 4.79 Å². The van der Waals surface area contributed by atoms with E-state index < -0.39 is 5.41 Å². The monoisotopic (exact) mass is 322 g/mol. The number of halogens is 2. The highest BCUT2D eigenvalue weighted by molar-refractivity contribution is 6.31. The van der Waals surface area contributed by atoms with E-state index in [1.807, 2.05) is 6.92 Å². The maximum Gasteiger partial charge on any atom is 0.240 e. The maximum atomic E-state index is 12.6. The van der Waals surface area contributed by atoms with Crippen LogP contribution < -0.4 is 10.1 Å². The Hall–Kier alpha value is -1.78. The number of anilines is 1. The van der Waals surface area contributed by atoms with Gasteiger partial charge in [-0.15, -0.1) is 0 Å². The second-order valence-corrected chi connectivity index (χ2v) is 5.78. The number of methoxy groups -OCH3 is 1. The average Bonchev–Trinajstić information content (AvgIpc) is 2.70. The largest absolute Gasteiger partial charge is 0.496 e. The summed E-state index contributed by atoms with van der Waals surface area (Å²) in [5.41, 5.74) is 0.513. The molecule has 0 aliphatic carbocycles. The SMILES string of the molecule is COc1ccc(Cl)cc1[C@@]1(C)C(=O)Nc2nc(Cl)ccc21. The van der Waals surface area contributed by atoms with Crippen LogP contribution in [0.2, 0.25) is 10.2 Å². The Balaban J connectivity index is 2.27. The fraction of sp³-hybridized carbons (Fsp3) is 0.200. The van der Waals surface area contributed by atoms with Crippen LogP contribution in [-0.2, 0) is 10.2 Å². The normalized spacial score (nSPS) is 20.1. The maximum absolute atomic E-state index is 12.6. The number of rotatable bonds is 2. The van der Waals surface area contributed by atoms with Crippen LogP contribution >= 0.6 is 23.2 Å². The Kier molecular flexibility index (Phi) is 3.30. The van der Waals surface area contributed by atoms with Gasteiger partial charge in [0, 0.05) is 16.1 Å². The van der Waals surface area contributed by atoms with Crippen LogP contribution in [0, 0.1) is 0 Å². The molecule has 6 heteroatoms. The molecule has 1 atom stereocenters. The molecule has 1 N–H and O–H groups in total. The van der Waals surface area contributed by atoms with Gasteiger partial charge in [0.25, 0.3) is 0 Å². The lowest BCUT2D eigenvalue weighted by molar-refractivity contribution is -0.119. The van der Waals surface area contributed by atoms with Gasteiger partial charge in [0.05, 0.1) is 7.11 Å². The molecule has 0 fully saturated rings. The Morgan fingerprint density at radius 1 is 1.19 bits per heavy atom. The molecule has 1 aliphatic heterocycles. The standard InChI is InChI=1S/C15H12Cl2N2O2/c1-15(10-7-8(16)3-5-11(10)21-2)9-4-6-12(17)18-13(9)19-14(15)20/h3-7H,1-2H3,(H,18,19,20)/t15-/m0/s1. The molecule has 0 saturated carbocycles. The van der Waals surface area contributed by atoms with Gasteiger partial charge in [0.15, 0.2) is 0 Å². The molecule has 4 nitrogen and oxygen atoms in total. The predicted octanol–water partition coefficient (Wildman–Crippen LogP) is 3.66. The summed E-state index contributed by atoms with van der Waals surface area (Å²) in [5, 5.41) is 3.63. The molecule has 0 spiro atoms. The predicted molar refractivity (Wildman–Crippen MR) is 82.3 cm³/mol. The van der Waals surface area contributed by atoms with Crippen LogP contribution in [-0.4, -0.2) is 18.0 Å². The van der Waals surface area contributed by atoms with Crippen LogP contribution in [0.15, 0.2) is 30.3 Å². The van der Waals surface area contributed by atoms with Crippen molar-refractivity contribution in [3.8, 4) is 5.75 Å². The smallest absolute Gasteiger partial charge is 0.240 e. The van der Waals surface area contributed by atoms with Crippen molar-refractivity contribution in [1.29, 1.82) is 0 Å². The van der Waals surface area contributed by atoms with Gasteiger partial charge in [0.1, 0.15) is 22.1 Å². The second kappa shape index (κ2) is 4.90. The van der Waals surface area contributed by atoms with Gasteiger partial charge < -0.3 is 10.1 Å². The molecule has 1 amide bonds. The number of nitrogens with zero attached hydrogens (tertiary/aromatic N) is 1. The van der Waals surface area contributed by atoms with Gasteiger partial charge >= 0.3 is 0 Å². The number of pyridine rings is 1. The summed E-state index contributed by atoms with van der Waals surface area (Å²) >= 11 is 12.0. The summed E-state index contributed by atoms with van der Waals surface area (Å²) in [4.78, 5) is 16.7. The summed E-state index contributed by atoms with van der Waals surface area (Å²) in [6, 6.07) is 8.67. The number of ether oxygens (including phenoxy) is 1. The summed E-state index contributed by atoms with van der Waals surface area (Å²) in [6.45, 7) is 1.82. The molecule has 0 saturated heterocycles. The van der Waals surface area contributed by atoms with Crippen LogP contribution in [0.4, 0.5) is 5.82 Å². The van der Waals surface area contributed by atoms with Gasteiger partial charge in [-0.2, -0.15) is 0 Å². The van der Waals surface area contributed by atoms with Crippen LogP contribution in [0.1, 0.15) is 18.1 Å². The van der Waals surface area contributed by atoms with E-state index >= 15 is 0 Å². The van der Waals surface area contributed by atoms with E-state index in [1.54, 1.807) is 37.4 Å². The number of amides is 1. The molecule has 0 radical (unpaired) electrons. The molecule has 108 valence electrons. The number of hydrogen-bond donors (Lipinski definition) is 1. The van der Waals surface area contributed by atoms with Crippen molar-refractivity contribution in [2.75, 3.05) is 12.4 Å². The van der Waals surface area contributed by atoms with Crippen molar-refractivity contribution in [1.82, 2.24) is 4.98 Å². The number of hydrogen-bond acceptors (Lipinski definition) is 3. The van der Waals surface area contributed by atoms with Crippen molar-refractivity contribution in [3.05, 3.63) is 51.6 Å². The molecule has 0 bridgehead atoms. The number of carbonyl (C=O) groups excluding carboxylic acids is 1. The van der Waals surface area contributed by atoms with Crippen LogP contribution in [0.3, 0.4) is 0 Å². The fourth-order valence-corrected chi connectivity index (χ4v) is 2.95. The lowest BCUT2D eigenvalue weighted by Crippen LogP contribution is -2.32. The zero-order valence-electron chi connectivity index (χ0n) is 11.4. The highest BCUT2D eigenvalue weighted by Crippen LogP contribution is 2.45. The van der Waals surface area contributed by atoms with Gasteiger partial charge in [-0.1, -0.05) is 29.3 Å². The first kappa shape index (κ1) is 14.2. The van der Waals surface area contributed by atoms with Gasteiger partial charge in [-0.25, -0.2) is 4.98 Å². The summed E-state index contributed by atoms with van der Waals surface area (Å²) in [7, 11) is 1.56. The minimum absolute atomic E-state index is 0.187. The Morgan fingerprint density at radius 2 is 1.95 bits per heavy atom. The highest BCUT2D eigenvalue weighted by Gasteiger charge is 2.46. The number of benzene rings is 1. The molecular formula is C15H12Cl2N2O2. The molecule has 1 aliphatic rings. The quantitative estimate of drug-likeness (QED) is 0.858. The van der Waals surface area contributed by atoms with E-state index in [2.05, 4.69) is 10.3 Å². The highest BCUT2D eigenvalue weighted by atomic mass is 35.5. The van der Waals surface area contributed by atoms with Crippen LogP contribution in [0.5, 0.6) is 5.75 Å². The summed E-state index contributed by atoms with van der Waals surface area (Å²) < 4.78 is 5.38.